The Labute approximate surface area is 132 Å². The summed E-state index contributed by atoms with van der Waals surface area (Å²) in [5.41, 5.74) is -0.706. The Morgan fingerprint density at radius 1 is 1.52 bits per heavy atom. The average Bonchev–Trinajstić information content (AvgIpc) is 3.10. The maximum absolute atomic E-state index is 12.8. The average molecular weight is 349 g/mol. The molecular formula is C16H17BrN2O2. The summed E-state index contributed by atoms with van der Waals surface area (Å²) in [4.78, 5) is 14.6. The fourth-order valence-electron chi connectivity index (χ4n) is 5.32. The van der Waals surface area contributed by atoms with Gasteiger partial charge < -0.3 is 9.32 Å². The van der Waals surface area contributed by atoms with E-state index in [1.807, 2.05) is 0 Å². The Morgan fingerprint density at radius 2 is 2.29 bits per heavy atom. The third-order valence-corrected chi connectivity index (χ3v) is 7.20. The summed E-state index contributed by atoms with van der Waals surface area (Å²) < 4.78 is 5.96. The van der Waals surface area contributed by atoms with Crippen molar-refractivity contribution in [2.24, 2.45) is 16.7 Å². The SMILES string of the molecule is C[C@@]12CC[C@@H]3C[C@@]1(C#N)N(C(=O)c1ccc(Br)o1)C[C@@]32C. The molecule has 0 aromatic carbocycles. The van der Waals surface area contributed by atoms with E-state index in [1.54, 1.807) is 17.0 Å². The van der Waals surface area contributed by atoms with E-state index in [4.69, 9.17) is 4.42 Å². The van der Waals surface area contributed by atoms with Crippen molar-refractivity contribution in [1.29, 1.82) is 5.26 Å². The number of likely N-dealkylation sites (tertiary alicyclic amines) is 1. The number of nitrogens with zero attached hydrogens (tertiary/aromatic N) is 2. The zero-order valence-corrected chi connectivity index (χ0v) is 13.7. The molecule has 4 rings (SSSR count). The maximum atomic E-state index is 12.8. The second-order valence-corrected chi connectivity index (χ2v) is 7.94. The minimum absolute atomic E-state index is 0.0578. The van der Waals surface area contributed by atoms with E-state index in [0.29, 0.717) is 22.9 Å². The standard InChI is InChI=1S/C16H17BrN2O2/c1-14-9-19(13(20)11-3-4-12(17)21-11)16(8-18)7-10(14)5-6-15(14,16)2/h3-4,10H,5-7,9H2,1-2H3/t10-,14+,15+,16+/m1/s1. The second kappa shape index (κ2) is 3.73. The highest BCUT2D eigenvalue weighted by atomic mass is 79.9. The first-order valence-electron chi connectivity index (χ1n) is 7.36. The molecule has 4 bridgehead atoms. The first kappa shape index (κ1) is 13.4. The minimum Gasteiger partial charge on any atom is -0.444 e. The Hall–Kier alpha value is -1.28. The van der Waals surface area contributed by atoms with Gasteiger partial charge in [0.1, 0.15) is 5.54 Å². The van der Waals surface area contributed by atoms with E-state index in [-0.39, 0.29) is 16.7 Å². The number of carbonyl (C=O) groups is 1. The van der Waals surface area contributed by atoms with E-state index < -0.39 is 5.54 Å². The highest BCUT2D eigenvalue weighted by Crippen LogP contribution is 2.75. The van der Waals surface area contributed by atoms with Crippen LogP contribution in [-0.4, -0.2) is 22.9 Å². The molecule has 1 aromatic heterocycles. The second-order valence-electron chi connectivity index (χ2n) is 7.16. The monoisotopic (exact) mass is 348 g/mol. The van der Waals surface area contributed by atoms with Gasteiger partial charge in [0.2, 0.25) is 0 Å². The molecule has 4 atom stereocenters. The van der Waals surface area contributed by atoms with Crippen LogP contribution < -0.4 is 0 Å². The fourth-order valence-corrected chi connectivity index (χ4v) is 5.62. The minimum atomic E-state index is -0.666. The lowest BCUT2D eigenvalue weighted by molar-refractivity contribution is 0.0399. The maximum Gasteiger partial charge on any atom is 0.290 e. The summed E-state index contributed by atoms with van der Waals surface area (Å²) in [5.74, 6) is 0.721. The number of carbonyl (C=O) groups excluding carboxylic acids is 1. The summed E-state index contributed by atoms with van der Waals surface area (Å²) in [5, 5.41) is 9.93. The van der Waals surface area contributed by atoms with Gasteiger partial charge in [-0.2, -0.15) is 5.26 Å². The highest BCUT2D eigenvalue weighted by Gasteiger charge is 2.79. The molecule has 2 aliphatic carbocycles. The van der Waals surface area contributed by atoms with E-state index in [1.165, 1.54) is 6.42 Å². The summed E-state index contributed by atoms with van der Waals surface area (Å²) in [6.07, 6.45) is 3.03. The number of hydrogen-bond donors (Lipinski definition) is 0. The van der Waals surface area contributed by atoms with Crippen LogP contribution in [0.3, 0.4) is 0 Å². The molecule has 3 fully saturated rings. The predicted molar refractivity (Wildman–Crippen MR) is 79.3 cm³/mol. The van der Waals surface area contributed by atoms with Crippen molar-refractivity contribution < 1.29 is 9.21 Å². The molecule has 2 heterocycles. The summed E-state index contributed by atoms with van der Waals surface area (Å²) in [6, 6.07) is 5.92. The summed E-state index contributed by atoms with van der Waals surface area (Å²) in [7, 11) is 0. The number of amides is 1. The Bertz CT molecular complexity index is 693. The third-order valence-electron chi connectivity index (χ3n) is 6.77. The van der Waals surface area contributed by atoms with Gasteiger partial charge in [0.25, 0.3) is 5.91 Å². The normalized spacial score (nSPS) is 43.3. The Balaban J connectivity index is 1.80. The van der Waals surface area contributed by atoms with Gasteiger partial charge in [0.15, 0.2) is 10.4 Å². The van der Waals surface area contributed by atoms with Crippen molar-refractivity contribution in [2.45, 2.75) is 38.6 Å². The summed E-state index contributed by atoms with van der Waals surface area (Å²) >= 11 is 3.23. The van der Waals surface area contributed by atoms with Crippen molar-refractivity contribution in [3.8, 4) is 6.07 Å². The van der Waals surface area contributed by atoms with Crippen LogP contribution in [0.2, 0.25) is 0 Å². The molecule has 3 aliphatic rings. The van der Waals surface area contributed by atoms with Crippen LogP contribution in [0.25, 0.3) is 0 Å². The van der Waals surface area contributed by atoms with Crippen molar-refractivity contribution in [3.05, 3.63) is 22.6 Å². The van der Waals surface area contributed by atoms with Crippen LogP contribution in [0.15, 0.2) is 21.2 Å². The van der Waals surface area contributed by atoms with Crippen molar-refractivity contribution >= 4 is 21.8 Å². The molecule has 4 nitrogen and oxygen atoms in total. The fraction of sp³-hybridized carbons (Fsp3) is 0.625. The van der Waals surface area contributed by atoms with Gasteiger partial charge >= 0.3 is 0 Å². The number of furan rings is 1. The van der Waals surface area contributed by atoms with Gasteiger partial charge in [0, 0.05) is 12.0 Å². The van der Waals surface area contributed by atoms with Gasteiger partial charge in [-0.3, -0.25) is 4.79 Å². The third kappa shape index (κ3) is 1.25. The van der Waals surface area contributed by atoms with E-state index in [0.717, 1.165) is 12.8 Å². The number of nitriles is 1. The van der Waals surface area contributed by atoms with Gasteiger partial charge in [-0.25, -0.2) is 0 Å². The predicted octanol–water partition coefficient (Wildman–Crippen LogP) is 3.59. The van der Waals surface area contributed by atoms with Crippen LogP contribution >= 0.6 is 15.9 Å². The molecule has 0 radical (unpaired) electrons. The Morgan fingerprint density at radius 3 is 2.86 bits per heavy atom. The van der Waals surface area contributed by atoms with E-state index in [9.17, 15) is 10.1 Å². The van der Waals surface area contributed by atoms with Crippen LogP contribution in [0.4, 0.5) is 0 Å². The number of rotatable bonds is 1. The quantitative estimate of drug-likeness (QED) is 0.779. The molecule has 2 saturated carbocycles. The van der Waals surface area contributed by atoms with E-state index in [2.05, 4.69) is 35.8 Å². The molecule has 0 unspecified atom stereocenters. The Kier molecular flexibility index (Phi) is 2.38. The molecule has 110 valence electrons. The van der Waals surface area contributed by atoms with Gasteiger partial charge in [-0.1, -0.05) is 13.8 Å². The number of halogens is 1. The first-order chi connectivity index (χ1) is 9.88. The molecule has 5 heteroatoms. The van der Waals surface area contributed by atoms with Crippen LogP contribution in [0.5, 0.6) is 0 Å². The van der Waals surface area contributed by atoms with Crippen LogP contribution in [0, 0.1) is 28.1 Å². The number of hydrogen-bond acceptors (Lipinski definition) is 3. The molecule has 1 saturated heterocycles. The van der Waals surface area contributed by atoms with Crippen molar-refractivity contribution in [2.75, 3.05) is 6.54 Å². The lowest BCUT2D eigenvalue weighted by Gasteiger charge is -2.42. The lowest BCUT2D eigenvalue weighted by Crippen LogP contribution is -2.54. The smallest absolute Gasteiger partial charge is 0.290 e. The van der Waals surface area contributed by atoms with Crippen molar-refractivity contribution in [3.63, 3.8) is 0 Å². The zero-order valence-electron chi connectivity index (χ0n) is 12.1. The lowest BCUT2D eigenvalue weighted by atomic mass is 9.66. The van der Waals surface area contributed by atoms with Crippen LogP contribution in [0.1, 0.15) is 43.7 Å². The molecule has 1 amide bonds. The molecule has 0 N–H and O–H groups in total. The largest absolute Gasteiger partial charge is 0.444 e. The molecule has 1 aliphatic heterocycles. The first-order valence-corrected chi connectivity index (χ1v) is 8.16. The zero-order chi connectivity index (χ0) is 15.0. The highest BCUT2D eigenvalue weighted by molar-refractivity contribution is 9.10. The van der Waals surface area contributed by atoms with Crippen molar-refractivity contribution in [1.82, 2.24) is 4.90 Å². The van der Waals surface area contributed by atoms with Gasteiger partial charge in [0.05, 0.1) is 6.07 Å². The van der Waals surface area contributed by atoms with Gasteiger partial charge in [-0.15, -0.1) is 0 Å². The van der Waals surface area contributed by atoms with Crippen LogP contribution in [-0.2, 0) is 0 Å². The topological polar surface area (TPSA) is 57.2 Å². The van der Waals surface area contributed by atoms with Gasteiger partial charge in [-0.05, 0) is 58.7 Å². The van der Waals surface area contributed by atoms with E-state index >= 15 is 0 Å². The molecule has 1 aromatic rings. The summed E-state index contributed by atoms with van der Waals surface area (Å²) in [6.45, 7) is 5.13. The molecular weight excluding hydrogens is 332 g/mol. The molecule has 21 heavy (non-hydrogen) atoms. The molecule has 0 spiro atoms. The number of piperidine rings is 1.